The van der Waals surface area contributed by atoms with Crippen molar-refractivity contribution in [3.05, 3.63) is 0 Å². The summed E-state index contributed by atoms with van der Waals surface area (Å²) >= 11 is 0. The first-order chi connectivity index (χ1) is 7.55. The fourth-order valence-corrected chi connectivity index (χ4v) is 1.69. The van der Waals surface area contributed by atoms with Crippen LogP contribution in [0.2, 0.25) is 0 Å². The maximum absolute atomic E-state index is 12.1. The lowest BCUT2D eigenvalue weighted by molar-refractivity contribution is -0.148. The number of ether oxygens (including phenoxy) is 1. The minimum Gasteiger partial charge on any atom is -0.480 e. The number of aliphatic carboxylic acids is 1. The second kappa shape index (κ2) is 5.30. The van der Waals surface area contributed by atoms with Crippen LogP contribution in [0.25, 0.3) is 0 Å². The van der Waals surface area contributed by atoms with E-state index in [4.69, 9.17) is 9.84 Å². The van der Waals surface area contributed by atoms with Gasteiger partial charge in [-0.25, -0.2) is 0 Å². The third-order valence-electron chi connectivity index (χ3n) is 2.88. The lowest BCUT2D eigenvalue weighted by atomic mass is 10.1. The molecule has 0 aliphatic heterocycles. The minimum atomic E-state index is -0.970. The van der Waals surface area contributed by atoms with Crippen molar-refractivity contribution in [2.75, 3.05) is 26.3 Å². The first kappa shape index (κ1) is 13.0. The molecule has 0 aromatic rings. The fraction of sp³-hybridized carbons (Fsp3) is 0.818. The van der Waals surface area contributed by atoms with Gasteiger partial charge in [-0.05, 0) is 26.7 Å². The van der Waals surface area contributed by atoms with E-state index in [0.29, 0.717) is 19.8 Å². The molecule has 1 rings (SSSR count). The van der Waals surface area contributed by atoms with E-state index in [2.05, 4.69) is 0 Å². The molecule has 1 saturated carbocycles. The number of hydrogen-bond donors (Lipinski definition) is 1. The molecular weight excluding hydrogens is 210 g/mol. The van der Waals surface area contributed by atoms with Crippen LogP contribution in [0.1, 0.15) is 26.7 Å². The van der Waals surface area contributed by atoms with Crippen molar-refractivity contribution in [2.24, 2.45) is 5.41 Å². The van der Waals surface area contributed by atoms with Crippen molar-refractivity contribution < 1.29 is 19.4 Å². The van der Waals surface area contributed by atoms with Crippen LogP contribution in [-0.4, -0.2) is 48.2 Å². The minimum absolute atomic E-state index is 0.0779. The summed E-state index contributed by atoms with van der Waals surface area (Å²) in [6.45, 7) is 4.88. The molecule has 0 bridgehead atoms. The Kier molecular flexibility index (Phi) is 4.29. The average Bonchev–Trinajstić information content (AvgIpc) is 3.03. The van der Waals surface area contributed by atoms with Crippen molar-refractivity contribution in [3.8, 4) is 0 Å². The van der Waals surface area contributed by atoms with E-state index >= 15 is 0 Å². The van der Waals surface area contributed by atoms with Gasteiger partial charge in [0.2, 0.25) is 5.91 Å². The average molecular weight is 229 g/mol. The SMILES string of the molecule is CCOCC1(C(=O)N(CC)CC(=O)O)CC1. The summed E-state index contributed by atoms with van der Waals surface area (Å²) < 4.78 is 5.29. The summed E-state index contributed by atoms with van der Waals surface area (Å²) in [6.07, 6.45) is 1.61. The molecule has 16 heavy (non-hydrogen) atoms. The fourth-order valence-electron chi connectivity index (χ4n) is 1.69. The highest BCUT2D eigenvalue weighted by Gasteiger charge is 2.51. The van der Waals surface area contributed by atoms with Crippen molar-refractivity contribution in [3.63, 3.8) is 0 Å². The summed E-state index contributed by atoms with van der Waals surface area (Å²) in [5.41, 5.74) is -0.429. The summed E-state index contributed by atoms with van der Waals surface area (Å²) in [7, 11) is 0. The quantitative estimate of drug-likeness (QED) is 0.699. The Bertz CT molecular complexity index is 273. The maximum Gasteiger partial charge on any atom is 0.323 e. The number of carboxylic acids is 1. The van der Waals surface area contributed by atoms with Gasteiger partial charge in [0.05, 0.1) is 12.0 Å². The molecular formula is C11H19NO4. The van der Waals surface area contributed by atoms with Crippen LogP contribution in [0.15, 0.2) is 0 Å². The molecule has 1 amide bonds. The van der Waals surface area contributed by atoms with Crippen LogP contribution in [0.5, 0.6) is 0 Å². The van der Waals surface area contributed by atoms with Crippen molar-refractivity contribution >= 4 is 11.9 Å². The van der Waals surface area contributed by atoms with E-state index in [9.17, 15) is 9.59 Å². The number of rotatable bonds is 7. The zero-order chi connectivity index (χ0) is 12.2. The zero-order valence-corrected chi connectivity index (χ0v) is 9.86. The number of carbonyl (C=O) groups is 2. The molecule has 1 N–H and O–H groups in total. The Morgan fingerprint density at radius 3 is 2.38 bits per heavy atom. The summed E-state index contributed by atoms with van der Waals surface area (Å²) in [5, 5.41) is 8.70. The molecule has 92 valence electrons. The second-order valence-electron chi connectivity index (χ2n) is 4.13. The van der Waals surface area contributed by atoms with Gasteiger partial charge in [0.15, 0.2) is 0 Å². The number of amides is 1. The number of carbonyl (C=O) groups excluding carboxylic acids is 1. The molecule has 0 saturated heterocycles. The molecule has 0 unspecified atom stereocenters. The maximum atomic E-state index is 12.1. The zero-order valence-electron chi connectivity index (χ0n) is 9.86. The van der Waals surface area contributed by atoms with Gasteiger partial charge in [-0.2, -0.15) is 0 Å². The number of hydrogen-bond acceptors (Lipinski definition) is 3. The molecule has 0 heterocycles. The summed E-state index contributed by atoms with van der Waals surface area (Å²) in [5.74, 6) is -1.05. The van der Waals surface area contributed by atoms with Crippen LogP contribution in [0, 0.1) is 5.41 Å². The van der Waals surface area contributed by atoms with E-state index in [-0.39, 0.29) is 12.5 Å². The molecule has 1 aliphatic rings. The van der Waals surface area contributed by atoms with Crippen LogP contribution < -0.4 is 0 Å². The predicted molar refractivity (Wildman–Crippen MR) is 58.0 cm³/mol. The van der Waals surface area contributed by atoms with Gasteiger partial charge in [-0.15, -0.1) is 0 Å². The van der Waals surface area contributed by atoms with Gasteiger partial charge >= 0.3 is 5.97 Å². The highest BCUT2D eigenvalue weighted by molar-refractivity contribution is 5.88. The summed E-state index contributed by atoms with van der Waals surface area (Å²) in [6, 6.07) is 0. The molecule has 0 spiro atoms. The third-order valence-corrected chi connectivity index (χ3v) is 2.88. The Hall–Kier alpha value is -1.10. The van der Waals surface area contributed by atoms with Gasteiger partial charge in [0.25, 0.3) is 0 Å². The van der Waals surface area contributed by atoms with Gasteiger partial charge in [-0.1, -0.05) is 0 Å². The monoisotopic (exact) mass is 229 g/mol. The normalized spacial score (nSPS) is 16.9. The predicted octanol–water partition coefficient (Wildman–Crippen LogP) is 0.736. The Balaban J connectivity index is 2.57. The lowest BCUT2D eigenvalue weighted by Crippen LogP contribution is -2.42. The van der Waals surface area contributed by atoms with E-state index in [1.165, 1.54) is 4.90 Å². The molecule has 0 aromatic carbocycles. The first-order valence-corrected chi connectivity index (χ1v) is 5.64. The molecule has 1 fully saturated rings. The van der Waals surface area contributed by atoms with Gasteiger partial charge in [0.1, 0.15) is 6.54 Å². The smallest absolute Gasteiger partial charge is 0.323 e. The van der Waals surface area contributed by atoms with E-state index in [1.807, 2.05) is 6.92 Å². The van der Waals surface area contributed by atoms with Crippen LogP contribution in [0.4, 0.5) is 0 Å². The van der Waals surface area contributed by atoms with E-state index in [0.717, 1.165) is 12.8 Å². The number of nitrogens with zero attached hydrogens (tertiary/aromatic N) is 1. The Labute approximate surface area is 95.4 Å². The third kappa shape index (κ3) is 2.95. The number of carboxylic acid groups (broad SMARTS) is 1. The standard InChI is InChI=1S/C11H19NO4/c1-3-12(7-9(13)14)10(15)11(5-6-11)8-16-4-2/h3-8H2,1-2H3,(H,13,14). The molecule has 5 nitrogen and oxygen atoms in total. The van der Waals surface area contributed by atoms with Crippen molar-refractivity contribution in [2.45, 2.75) is 26.7 Å². The van der Waals surface area contributed by atoms with Crippen molar-refractivity contribution in [1.29, 1.82) is 0 Å². The Morgan fingerprint density at radius 2 is 2.00 bits per heavy atom. The van der Waals surface area contributed by atoms with Crippen LogP contribution >= 0.6 is 0 Å². The van der Waals surface area contributed by atoms with E-state index in [1.54, 1.807) is 6.92 Å². The lowest BCUT2D eigenvalue weighted by Gasteiger charge is -2.24. The van der Waals surface area contributed by atoms with Gasteiger partial charge in [0, 0.05) is 13.2 Å². The van der Waals surface area contributed by atoms with Crippen LogP contribution in [-0.2, 0) is 14.3 Å². The molecule has 0 radical (unpaired) electrons. The first-order valence-electron chi connectivity index (χ1n) is 5.64. The summed E-state index contributed by atoms with van der Waals surface area (Å²) in [4.78, 5) is 24.1. The molecule has 0 aromatic heterocycles. The highest BCUT2D eigenvalue weighted by atomic mass is 16.5. The Morgan fingerprint density at radius 1 is 1.38 bits per heavy atom. The van der Waals surface area contributed by atoms with Crippen LogP contribution in [0.3, 0.4) is 0 Å². The number of likely N-dealkylation sites (N-methyl/N-ethyl adjacent to an activating group) is 1. The van der Waals surface area contributed by atoms with Gasteiger partial charge in [-0.3, -0.25) is 9.59 Å². The van der Waals surface area contributed by atoms with E-state index < -0.39 is 11.4 Å². The van der Waals surface area contributed by atoms with Crippen molar-refractivity contribution in [1.82, 2.24) is 4.90 Å². The highest BCUT2D eigenvalue weighted by Crippen LogP contribution is 2.47. The molecule has 5 heteroatoms. The molecule has 1 aliphatic carbocycles. The largest absolute Gasteiger partial charge is 0.480 e. The van der Waals surface area contributed by atoms with Gasteiger partial charge < -0.3 is 14.7 Å². The molecule has 0 atom stereocenters. The topological polar surface area (TPSA) is 66.8 Å². The second-order valence-corrected chi connectivity index (χ2v) is 4.13.